The average Bonchev–Trinajstić information content (AvgIpc) is 2.45. The summed E-state index contributed by atoms with van der Waals surface area (Å²) in [7, 11) is 0. The van der Waals surface area contributed by atoms with E-state index in [1.165, 1.54) is 6.07 Å². The molecule has 1 saturated heterocycles. The van der Waals surface area contributed by atoms with Crippen LogP contribution in [0.1, 0.15) is 18.5 Å². The van der Waals surface area contributed by atoms with Crippen molar-refractivity contribution in [2.75, 3.05) is 26.2 Å². The Morgan fingerprint density at radius 2 is 2.09 bits per heavy atom. The molecule has 8 heteroatoms. The van der Waals surface area contributed by atoms with Crippen LogP contribution in [0.5, 0.6) is 5.75 Å². The maximum atomic E-state index is 12.5. The molecule has 0 radical (unpaired) electrons. The summed E-state index contributed by atoms with van der Waals surface area (Å²) in [5.41, 5.74) is 4.18. The van der Waals surface area contributed by atoms with Gasteiger partial charge < -0.3 is 10.5 Å². The minimum absolute atomic E-state index is 0.168. The number of halogens is 3. The van der Waals surface area contributed by atoms with Gasteiger partial charge in [0.15, 0.2) is 0 Å². The second-order valence-electron chi connectivity index (χ2n) is 5.37. The molecule has 1 aromatic rings. The van der Waals surface area contributed by atoms with Crippen LogP contribution in [0.2, 0.25) is 0 Å². The van der Waals surface area contributed by atoms with Gasteiger partial charge in [-0.1, -0.05) is 0 Å². The van der Waals surface area contributed by atoms with Crippen LogP contribution in [0, 0.1) is 5.92 Å². The van der Waals surface area contributed by atoms with Crippen molar-refractivity contribution < 1.29 is 22.7 Å². The van der Waals surface area contributed by atoms with E-state index in [1.807, 2.05) is 4.90 Å². The molecule has 22 heavy (non-hydrogen) atoms. The molecule has 2 heterocycles. The van der Waals surface area contributed by atoms with Crippen molar-refractivity contribution >= 4 is 5.91 Å². The second kappa shape index (κ2) is 6.95. The molecule has 5 nitrogen and oxygen atoms in total. The van der Waals surface area contributed by atoms with Crippen molar-refractivity contribution in [3.05, 3.63) is 24.0 Å². The van der Waals surface area contributed by atoms with Crippen LogP contribution in [0.15, 0.2) is 18.3 Å². The number of likely N-dealkylation sites (tertiary alicyclic amines) is 1. The minimum atomic E-state index is -4.47. The lowest BCUT2D eigenvalue weighted by Crippen LogP contribution is -2.40. The van der Waals surface area contributed by atoms with Crippen molar-refractivity contribution in [2.45, 2.75) is 19.0 Å². The quantitative estimate of drug-likeness (QED) is 0.897. The Bertz CT molecular complexity index is 514. The predicted molar refractivity (Wildman–Crippen MR) is 73.1 cm³/mol. The first-order chi connectivity index (χ1) is 10.3. The fourth-order valence-electron chi connectivity index (χ4n) is 2.40. The number of ether oxygens (including phenoxy) is 1. The number of alkyl halides is 3. The lowest BCUT2D eigenvalue weighted by Gasteiger charge is -2.30. The van der Waals surface area contributed by atoms with Crippen LogP contribution in [-0.2, 0) is 11.0 Å². The van der Waals surface area contributed by atoms with E-state index in [0.29, 0.717) is 6.61 Å². The highest BCUT2D eigenvalue weighted by Crippen LogP contribution is 2.29. The standard InChI is InChI=1S/C14H18F3N3O2/c15-14(16,17)12-7-11(1-4-19-12)22-9-10-2-5-20(6-3-10)8-13(18)21/h1,4,7,10H,2-3,5-6,8-9H2,(H2,18,21). The summed E-state index contributed by atoms with van der Waals surface area (Å²) in [4.78, 5) is 16.1. The summed E-state index contributed by atoms with van der Waals surface area (Å²) in [6, 6.07) is 2.32. The molecule has 2 N–H and O–H groups in total. The summed E-state index contributed by atoms with van der Waals surface area (Å²) >= 11 is 0. The molecule has 1 aliphatic rings. The van der Waals surface area contributed by atoms with E-state index in [2.05, 4.69) is 4.98 Å². The Hall–Kier alpha value is -1.83. The van der Waals surface area contributed by atoms with E-state index < -0.39 is 11.9 Å². The number of rotatable bonds is 5. The van der Waals surface area contributed by atoms with Crippen LogP contribution < -0.4 is 10.5 Å². The van der Waals surface area contributed by atoms with Crippen LogP contribution in [0.4, 0.5) is 13.2 Å². The number of primary amides is 1. The van der Waals surface area contributed by atoms with Crippen LogP contribution in [0.3, 0.4) is 0 Å². The van der Waals surface area contributed by atoms with Gasteiger partial charge in [0.25, 0.3) is 0 Å². The summed E-state index contributed by atoms with van der Waals surface area (Å²) < 4.78 is 43.1. The maximum absolute atomic E-state index is 12.5. The van der Waals surface area contributed by atoms with Crippen molar-refractivity contribution in [1.29, 1.82) is 0 Å². The number of amides is 1. The van der Waals surface area contributed by atoms with E-state index >= 15 is 0 Å². The third-order valence-corrected chi connectivity index (χ3v) is 3.59. The van der Waals surface area contributed by atoms with Gasteiger partial charge in [-0.25, -0.2) is 0 Å². The third kappa shape index (κ3) is 4.87. The van der Waals surface area contributed by atoms with Gasteiger partial charge in [-0.3, -0.25) is 14.7 Å². The molecule has 1 aromatic heterocycles. The van der Waals surface area contributed by atoms with Gasteiger partial charge in [-0.05, 0) is 37.9 Å². The molecule has 0 atom stereocenters. The Morgan fingerprint density at radius 3 is 2.68 bits per heavy atom. The van der Waals surface area contributed by atoms with Crippen molar-refractivity contribution in [2.24, 2.45) is 11.7 Å². The van der Waals surface area contributed by atoms with Crippen LogP contribution in [0.25, 0.3) is 0 Å². The molecule has 1 amide bonds. The molecule has 0 unspecified atom stereocenters. The lowest BCUT2D eigenvalue weighted by atomic mass is 9.98. The second-order valence-corrected chi connectivity index (χ2v) is 5.37. The summed E-state index contributed by atoms with van der Waals surface area (Å²) in [6.07, 6.45) is -1.73. The molecular weight excluding hydrogens is 299 g/mol. The van der Waals surface area contributed by atoms with Crippen molar-refractivity contribution in [3.63, 3.8) is 0 Å². The molecule has 2 rings (SSSR count). The first-order valence-electron chi connectivity index (χ1n) is 7.01. The number of carbonyl (C=O) groups excluding carboxylic acids is 1. The Morgan fingerprint density at radius 1 is 1.41 bits per heavy atom. The molecule has 0 aromatic carbocycles. The van der Waals surface area contributed by atoms with Crippen molar-refractivity contribution in [1.82, 2.24) is 9.88 Å². The SMILES string of the molecule is NC(=O)CN1CCC(COc2ccnc(C(F)(F)F)c2)CC1. The highest BCUT2D eigenvalue weighted by molar-refractivity contribution is 5.75. The number of piperidine rings is 1. The van der Waals surface area contributed by atoms with Gasteiger partial charge in [0.05, 0.1) is 13.2 Å². The van der Waals surface area contributed by atoms with Crippen LogP contribution >= 0.6 is 0 Å². The monoisotopic (exact) mass is 317 g/mol. The molecule has 1 fully saturated rings. The topological polar surface area (TPSA) is 68.5 Å². The minimum Gasteiger partial charge on any atom is -0.493 e. The first-order valence-corrected chi connectivity index (χ1v) is 7.01. The summed E-state index contributed by atoms with van der Waals surface area (Å²) in [6.45, 7) is 2.07. The molecule has 0 saturated carbocycles. The molecular formula is C14H18F3N3O2. The zero-order chi connectivity index (χ0) is 16.2. The van der Waals surface area contributed by atoms with Gasteiger partial charge in [-0.15, -0.1) is 0 Å². The number of aromatic nitrogens is 1. The lowest BCUT2D eigenvalue weighted by molar-refractivity contribution is -0.141. The molecule has 0 bridgehead atoms. The largest absolute Gasteiger partial charge is 0.493 e. The first kappa shape index (κ1) is 16.5. The maximum Gasteiger partial charge on any atom is 0.433 e. The highest BCUT2D eigenvalue weighted by atomic mass is 19.4. The van der Waals surface area contributed by atoms with Crippen LogP contribution in [-0.4, -0.2) is 42.0 Å². The average molecular weight is 317 g/mol. The van der Waals surface area contributed by atoms with Gasteiger partial charge in [0.2, 0.25) is 5.91 Å². The number of hydrogen-bond acceptors (Lipinski definition) is 4. The predicted octanol–water partition coefficient (Wildman–Crippen LogP) is 1.68. The Kier molecular flexibility index (Phi) is 5.23. The number of carbonyl (C=O) groups is 1. The third-order valence-electron chi connectivity index (χ3n) is 3.59. The summed E-state index contributed by atoms with van der Waals surface area (Å²) in [5, 5.41) is 0. The van der Waals surface area contributed by atoms with Gasteiger partial charge in [0, 0.05) is 12.3 Å². The molecule has 0 spiro atoms. The highest BCUT2D eigenvalue weighted by Gasteiger charge is 2.32. The smallest absolute Gasteiger partial charge is 0.433 e. The number of hydrogen-bond donors (Lipinski definition) is 1. The van der Waals surface area contributed by atoms with Gasteiger partial charge >= 0.3 is 6.18 Å². The van der Waals surface area contributed by atoms with Gasteiger partial charge in [0.1, 0.15) is 11.4 Å². The van der Waals surface area contributed by atoms with E-state index in [4.69, 9.17) is 10.5 Å². The van der Waals surface area contributed by atoms with E-state index in [1.54, 1.807) is 0 Å². The molecule has 122 valence electrons. The zero-order valence-electron chi connectivity index (χ0n) is 12.0. The normalized spacial score (nSPS) is 17.4. The zero-order valence-corrected chi connectivity index (χ0v) is 12.0. The molecule has 1 aliphatic heterocycles. The number of nitrogens with zero attached hydrogens (tertiary/aromatic N) is 2. The molecule has 0 aliphatic carbocycles. The summed E-state index contributed by atoms with van der Waals surface area (Å²) in [5.74, 6) is 0.0692. The fourth-order valence-corrected chi connectivity index (χ4v) is 2.40. The van der Waals surface area contributed by atoms with E-state index in [0.717, 1.165) is 38.2 Å². The fraction of sp³-hybridized carbons (Fsp3) is 0.571. The Balaban J connectivity index is 1.81. The van der Waals surface area contributed by atoms with E-state index in [-0.39, 0.29) is 24.1 Å². The van der Waals surface area contributed by atoms with Gasteiger partial charge in [-0.2, -0.15) is 13.2 Å². The van der Waals surface area contributed by atoms with E-state index in [9.17, 15) is 18.0 Å². The number of nitrogens with two attached hydrogens (primary N) is 1. The number of pyridine rings is 1. The van der Waals surface area contributed by atoms with Crippen molar-refractivity contribution in [3.8, 4) is 5.75 Å². The Labute approximate surface area is 126 Å².